The summed E-state index contributed by atoms with van der Waals surface area (Å²) >= 11 is 0. The Balaban J connectivity index is 1.43. The highest BCUT2D eigenvalue weighted by Crippen LogP contribution is 2.43. The number of benzene rings is 1. The lowest BCUT2D eigenvalue weighted by Gasteiger charge is -2.43. The summed E-state index contributed by atoms with van der Waals surface area (Å²) in [6.45, 7) is 4.13. The smallest absolute Gasteiger partial charge is 0.255 e. The number of para-hydroxylation sites is 1. The standard InChI is InChI=1S/C21H23N3O2/c1-14-15(6-10-22-14)20(25)24-11-8-21(9-12-24)19-17(7-13-26-21)16-4-2-3-5-18(16)23-19/h2-6,10,22-23H,7-9,11-13H2,1H3. The number of aryl methyl sites for hydroxylation is 1. The second kappa shape index (κ2) is 5.74. The van der Waals surface area contributed by atoms with Gasteiger partial charge in [-0.15, -0.1) is 0 Å². The molecular formula is C21H23N3O2. The maximum absolute atomic E-state index is 12.8. The minimum absolute atomic E-state index is 0.117. The number of carbonyl (C=O) groups is 1. The monoisotopic (exact) mass is 349 g/mol. The third-order valence-electron chi connectivity index (χ3n) is 6.04. The van der Waals surface area contributed by atoms with Crippen molar-refractivity contribution in [3.8, 4) is 0 Å². The Morgan fingerprint density at radius 1 is 1.19 bits per heavy atom. The maximum Gasteiger partial charge on any atom is 0.255 e. The Morgan fingerprint density at radius 2 is 2.00 bits per heavy atom. The number of ether oxygens (including phenoxy) is 1. The molecule has 134 valence electrons. The number of nitrogens with one attached hydrogen (secondary N) is 2. The van der Waals surface area contributed by atoms with Crippen molar-refractivity contribution in [2.75, 3.05) is 19.7 Å². The van der Waals surface area contributed by atoms with E-state index in [4.69, 9.17) is 4.74 Å². The number of amides is 1. The molecule has 5 nitrogen and oxygen atoms in total. The third kappa shape index (κ3) is 2.23. The molecule has 4 heterocycles. The number of hydrogen-bond acceptors (Lipinski definition) is 2. The lowest BCUT2D eigenvalue weighted by molar-refractivity contribution is -0.0957. The Kier molecular flexibility index (Phi) is 3.47. The Hall–Kier alpha value is -2.53. The number of fused-ring (bicyclic) bond motifs is 4. The summed E-state index contributed by atoms with van der Waals surface area (Å²) in [4.78, 5) is 21.5. The van der Waals surface area contributed by atoms with Crippen LogP contribution in [0.2, 0.25) is 0 Å². The second-order valence-electron chi connectivity index (χ2n) is 7.43. The molecule has 1 fully saturated rings. The van der Waals surface area contributed by atoms with Gasteiger partial charge in [-0.2, -0.15) is 0 Å². The van der Waals surface area contributed by atoms with Gasteiger partial charge in [0.25, 0.3) is 5.91 Å². The molecule has 0 saturated carbocycles. The molecule has 1 aromatic carbocycles. The first-order valence-electron chi connectivity index (χ1n) is 9.35. The van der Waals surface area contributed by atoms with Gasteiger partial charge in [-0.3, -0.25) is 4.79 Å². The summed E-state index contributed by atoms with van der Waals surface area (Å²) in [5.41, 5.74) is 5.24. The zero-order valence-corrected chi connectivity index (χ0v) is 15.0. The van der Waals surface area contributed by atoms with E-state index in [1.165, 1.54) is 22.2 Å². The molecule has 0 unspecified atom stereocenters. The van der Waals surface area contributed by atoms with Gasteiger partial charge in [0.15, 0.2) is 0 Å². The van der Waals surface area contributed by atoms with Crippen molar-refractivity contribution in [3.63, 3.8) is 0 Å². The van der Waals surface area contributed by atoms with E-state index in [1.807, 2.05) is 24.1 Å². The number of rotatable bonds is 1. The number of piperidine rings is 1. The van der Waals surface area contributed by atoms with Crippen LogP contribution in [0.15, 0.2) is 36.5 Å². The number of carbonyl (C=O) groups excluding carboxylic acids is 1. The molecule has 0 bridgehead atoms. The Bertz CT molecular complexity index is 976. The lowest BCUT2D eigenvalue weighted by atomic mass is 9.83. The van der Waals surface area contributed by atoms with Crippen LogP contribution in [0.4, 0.5) is 0 Å². The quantitative estimate of drug-likeness (QED) is 0.706. The summed E-state index contributed by atoms with van der Waals surface area (Å²) in [7, 11) is 0. The van der Waals surface area contributed by atoms with Crippen LogP contribution >= 0.6 is 0 Å². The van der Waals surface area contributed by atoms with Gasteiger partial charge in [0, 0.05) is 35.9 Å². The van der Waals surface area contributed by atoms with Gasteiger partial charge >= 0.3 is 0 Å². The summed E-state index contributed by atoms with van der Waals surface area (Å²) in [6.07, 6.45) is 4.45. The van der Waals surface area contributed by atoms with E-state index in [0.29, 0.717) is 0 Å². The first-order chi connectivity index (χ1) is 12.7. The summed E-state index contributed by atoms with van der Waals surface area (Å²) < 4.78 is 6.33. The van der Waals surface area contributed by atoms with Crippen molar-refractivity contribution in [1.29, 1.82) is 0 Å². The van der Waals surface area contributed by atoms with Crippen molar-refractivity contribution >= 4 is 16.8 Å². The van der Waals surface area contributed by atoms with E-state index in [1.54, 1.807) is 0 Å². The van der Waals surface area contributed by atoms with Gasteiger partial charge < -0.3 is 19.6 Å². The van der Waals surface area contributed by atoms with E-state index < -0.39 is 0 Å². The fourth-order valence-corrected chi connectivity index (χ4v) is 4.59. The molecule has 5 rings (SSSR count). The molecule has 5 heteroatoms. The van der Waals surface area contributed by atoms with Gasteiger partial charge in [-0.1, -0.05) is 18.2 Å². The average molecular weight is 349 g/mol. The van der Waals surface area contributed by atoms with Crippen LogP contribution in [0.1, 0.15) is 40.2 Å². The van der Waals surface area contributed by atoms with Gasteiger partial charge in [0.2, 0.25) is 0 Å². The van der Waals surface area contributed by atoms with E-state index in [-0.39, 0.29) is 11.5 Å². The molecule has 3 aromatic rings. The van der Waals surface area contributed by atoms with Crippen molar-refractivity contribution in [2.45, 2.75) is 31.8 Å². The molecule has 26 heavy (non-hydrogen) atoms. The van der Waals surface area contributed by atoms with Gasteiger partial charge in [0.1, 0.15) is 5.60 Å². The number of H-pyrrole nitrogens is 2. The third-order valence-corrected chi connectivity index (χ3v) is 6.04. The number of aromatic nitrogens is 2. The number of aromatic amines is 2. The summed E-state index contributed by atoms with van der Waals surface area (Å²) in [5, 5.41) is 1.31. The van der Waals surface area contributed by atoms with E-state index in [0.717, 1.165) is 50.2 Å². The molecule has 2 aliphatic heterocycles. The van der Waals surface area contributed by atoms with E-state index >= 15 is 0 Å². The number of hydrogen-bond donors (Lipinski definition) is 2. The Labute approximate surface area is 152 Å². The zero-order chi connectivity index (χ0) is 17.7. The predicted molar refractivity (Wildman–Crippen MR) is 100 cm³/mol. The average Bonchev–Trinajstić information content (AvgIpc) is 3.27. The normalized spacial score (nSPS) is 19.0. The SMILES string of the molecule is Cc1[nH]ccc1C(=O)N1CCC2(CC1)OCCc1c2[nH]c2ccccc12. The van der Waals surface area contributed by atoms with E-state index in [2.05, 4.69) is 34.2 Å². The molecule has 2 aliphatic rings. The Morgan fingerprint density at radius 3 is 2.77 bits per heavy atom. The van der Waals surface area contributed by atoms with Crippen LogP contribution in [0, 0.1) is 6.92 Å². The summed E-state index contributed by atoms with van der Waals surface area (Å²) in [5.74, 6) is 0.117. The van der Waals surface area contributed by atoms with Gasteiger partial charge in [0.05, 0.1) is 17.9 Å². The minimum atomic E-state index is -0.281. The molecule has 0 atom stereocenters. The molecule has 1 spiro atoms. The molecule has 0 aliphatic carbocycles. The largest absolute Gasteiger partial charge is 0.368 e. The highest BCUT2D eigenvalue weighted by atomic mass is 16.5. The summed E-state index contributed by atoms with van der Waals surface area (Å²) in [6, 6.07) is 10.4. The van der Waals surface area contributed by atoms with Crippen LogP contribution in [0.3, 0.4) is 0 Å². The van der Waals surface area contributed by atoms with Crippen LogP contribution < -0.4 is 0 Å². The number of likely N-dealkylation sites (tertiary alicyclic amines) is 1. The van der Waals surface area contributed by atoms with Crippen molar-refractivity contribution < 1.29 is 9.53 Å². The lowest BCUT2D eigenvalue weighted by Crippen LogP contribution is -2.48. The zero-order valence-electron chi connectivity index (χ0n) is 15.0. The van der Waals surface area contributed by atoms with Crippen molar-refractivity contribution in [1.82, 2.24) is 14.9 Å². The highest BCUT2D eigenvalue weighted by Gasteiger charge is 2.43. The van der Waals surface area contributed by atoms with Gasteiger partial charge in [-0.25, -0.2) is 0 Å². The molecule has 1 amide bonds. The molecule has 2 aromatic heterocycles. The second-order valence-corrected chi connectivity index (χ2v) is 7.43. The van der Waals surface area contributed by atoms with Crippen molar-refractivity contribution in [3.05, 3.63) is 59.0 Å². The first kappa shape index (κ1) is 15.7. The fraction of sp³-hybridized carbons (Fsp3) is 0.381. The first-order valence-corrected chi connectivity index (χ1v) is 9.35. The van der Waals surface area contributed by atoms with Crippen LogP contribution in [0.5, 0.6) is 0 Å². The maximum atomic E-state index is 12.8. The number of nitrogens with zero attached hydrogens (tertiary/aromatic N) is 1. The highest BCUT2D eigenvalue weighted by molar-refractivity contribution is 5.95. The minimum Gasteiger partial charge on any atom is -0.368 e. The van der Waals surface area contributed by atoms with E-state index in [9.17, 15) is 4.79 Å². The van der Waals surface area contributed by atoms with Crippen molar-refractivity contribution in [2.24, 2.45) is 0 Å². The molecule has 2 N–H and O–H groups in total. The molecular weight excluding hydrogens is 326 g/mol. The molecule has 1 saturated heterocycles. The fourth-order valence-electron chi connectivity index (χ4n) is 4.59. The molecule has 0 radical (unpaired) electrons. The van der Waals surface area contributed by atoms with Crippen LogP contribution in [-0.4, -0.2) is 40.5 Å². The van der Waals surface area contributed by atoms with Crippen LogP contribution in [-0.2, 0) is 16.8 Å². The predicted octanol–water partition coefficient (Wildman–Crippen LogP) is 3.51. The van der Waals surface area contributed by atoms with Gasteiger partial charge in [-0.05, 0) is 43.9 Å². The topological polar surface area (TPSA) is 61.1 Å². The van der Waals surface area contributed by atoms with Crippen LogP contribution in [0.25, 0.3) is 10.9 Å².